The lowest BCUT2D eigenvalue weighted by Crippen LogP contribution is -2.42. The summed E-state index contributed by atoms with van der Waals surface area (Å²) < 4.78 is 7.10. The molecule has 0 saturated carbocycles. The number of ether oxygens (including phenoxy) is 1. The first-order valence-corrected chi connectivity index (χ1v) is 10.2. The third-order valence-electron chi connectivity index (χ3n) is 4.67. The van der Waals surface area contributed by atoms with Crippen molar-refractivity contribution in [3.63, 3.8) is 0 Å². The van der Waals surface area contributed by atoms with Crippen molar-refractivity contribution in [3.8, 4) is 0 Å². The number of amides is 1. The van der Waals surface area contributed by atoms with Crippen LogP contribution in [0.3, 0.4) is 0 Å². The zero-order valence-corrected chi connectivity index (χ0v) is 16.6. The fourth-order valence-corrected chi connectivity index (χ4v) is 4.07. The molecule has 0 spiro atoms. The number of esters is 1. The Kier molecular flexibility index (Phi) is 6.55. The van der Waals surface area contributed by atoms with Gasteiger partial charge < -0.3 is 14.2 Å². The molecule has 0 aliphatic carbocycles. The van der Waals surface area contributed by atoms with E-state index in [-0.39, 0.29) is 17.8 Å². The van der Waals surface area contributed by atoms with Crippen molar-refractivity contribution in [2.45, 2.75) is 30.7 Å². The topological polar surface area (TPSA) is 64.4 Å². The number of piperidine rings is 1. The molecule has 2 heterocycles. The summed E-state index contributed by atoms with van der Waals surface area (Å²) in [6, 6.07) is 7.70. The van der Waals surface area contributed by atoms with Gasteiger partial charge in [-0.3, -0.25) is 9.59 Å². The molecule has 3 rings (SSSR count). The highest BCUT2D eigenvalue weighted by atomic mass is 32.2. The first-order valence-electron chi connectivity index (χ1n) is 9.23. The van der Waals surface area contributed by atoms with Crippen molar-refractivity contribution in [1.29, 1.82) is 0 Å². The van der Waals surface area contributed by atoms with Gasteiger partial charge in [0.15, 0.2) is 5.16 Å². The lowest BCUT2D eigenvalue weighted by atomic mass is 9.97. The van der Waals surface area contributed by atoms with Crippen molar-refractivity contribution < 1.29 is 14.3 Å². The molecular formula is C20H25N3O3S. The van der Waals surface area contributed by atoms with E-state index in [0.29, 0.717) is 25.3 Å². The predicted molar refractivity (Wildman–Crippen MR) is 104 cm³/mol. The van der Waals surface area contributed by atoms with E-state index in [1.807, 2.05) is 42.1 Å². The maximum atomic E-state index is 12.8. The van der Waals surface area contributed by atoms with Crippen molar-refractivity contribution in [1.82, 2.24) is 14.5 Å². The van der Waals surface area contributed by atoms with Crippen molar-refractivity contribution in [2.24, 2.45) is 13.0 Å². The summed E-state index contributed by atoms with van der Waals surface area (Å²) in [4.78, 5) is 30.8. The molecule has 1 aromatic carbocycles. The van der Waals surface area contributed by atoms with Crippen molar-refractivity contribution in [3.05, 3.63) is 47.8 Å². The lowest BCUT2D eigenvalue weighted by Gasteiger charge is -2.31. The van der Waals surface area contributed by atoms with Crippen LogP contribution in [-0.2, 0) is 22.3 Å². The summed E-state index contributed by atoms with van der Waals surface area (Å²) in [6.07, 6.45) is 5.32. The molecule has 0 radical (unpaired) electrons. The van der Waals surface area contributed by atoms with Gasteiger partial charge in [-0.1, -0.05) is 23.9 Å². The minimum absolute atomic E-state index is 0.0210. The number of aromatic nitrogens is 2. The number of rotatable bonds is 6. The van der Waals surface area contributed by atoms with Gasteiger partial charge >= 0.3 is 5.97 Å². The first-order chi connectivity index (χ1) is 13.1. The highest BCUT2D eigenvalue weighted by molar-refractivity contribution is 7.98. The van der Waals surface area contributed by atoms with E-state index in [2.05, 4.69) is 4.98 Å². The standard InChI is InChI=1S/C20H25N3O3S/c1-3-26-19(25)17-5-4-11-23(13-17)18(24)16-8-6-15(7-9-16)14-27-20-21-10-12-22(20)2/h6-10,12,17H,3-5,11,13-14H2,1-2H3. The molecule has 6 nitrogen and oxygen atoms in total. The molecule has 1 amide bonds. The van der Waals surface area contributed by atoms with Gasteiger partial charge in [0.1, 0.15) is 0 Å². The molecule has 1 saturated heterocycles. The summed E-state index contributed by atoms with van der Waals surface area (Å²) in [5, 5.41) is 0.966. The normalized spacial score (nSPS) is 17.0. The highest BCUT2D eigenvalue weighted by Crippen LogP contribution is 2.22. The number of benzene rings is 1. The number of thioether (sulfide) groups is 1. The Morgan fingerprint density at radius 1 is 1.30 bits per heavy atom. The number of aryl methyl sites for hydroxylation is 1. The zero-order chi connectivity index (χ0) is 19.2. The van der Waals surface area contributed by atoms with Crippen LogP contribution in [0.5, 0.6) is 0 Å². The number of imidazole rings is 1. The number of hydrogen-bond acceptors (Lipinski definition) is 5. The van der Waals surface area contributed by atoms with Crippen LogP contribution in [-0.4, -0.2) is 46.0 Å². The first kappa shape index (κ1) is 19.5. The summed E-state index contributed by atoms with van der Waals surface area (Å²) in [5.74, 6) is 0.369. The van der Waals surface area contributed by atoms with Gasteiger partial charge in [0.05, 0.1) is 12.5 Å². The van der Waals surface area contributed by atoms with E-state index in [1.165, 1.54) is 0 Å². The van der Waals surface area contributed by atoms with Crippen LogP contribution in [0.25, 0.3) is 0 Å². The van der Waals surface area contributed by atoms with Gasteiger partial charge in [-0.2, -0.15) is 0 Å². The molecule has 1 atom stereocenters. The molecule has 144 valence electrons. The Morgan fingerprint density at radius 3 is 2.74 bits per heavy atom. The third-order valence-corrected chi connectivity index (χ3v) is 5.80. The number of likely N-dealkylation sites (tertiary alicyclic amines) is 1. The van der Waals surface area contributed by atoms with Gasteiger partial charge in [-0.15, -0.1) is 0 Å². The Labute approximate surface area is 163 Å². The van der Waals surface area contributed by atoms with Crippen LogP contribution in [0.2, 0.25) is 0 Å². The highest BCUT2D eigenvalue weighted by Gasteiger charge is 2.29. The maximum absolute atomic E-state index is 12.8. The lowest BCUT2D eigenvalue weighted by molar-refractivity contribution is -0.149. The molecule has 0 N–H and O–H groups in total. The van der Waals surface area contributed by atoms with Crippen LogP contribution < -0.4 is 0 Å². The summed E-state index contributed by atoms with van der Waals surface area (Å²) in [7, 11) is 1.97. The minimum atomic E-state index is -0.212. The second-order valence-electron chi connectivity index (χ2n) is 6.65. The van der Waals surface area contributed by atoms with Gasteiger partial charge in [0, 0.05) is 43.8 Å². The summed E-state index contributed by atoms with van der Waals surface area (Å²) in [6.45, 7) is 3.30. The molecule has 1 aliphatic heterocycles. The Morgan fingerprint density at radius 2 is 2.07 bits per heavy atom. The predicted octanol–water partition coefficient (Wildman–Crippen LogP) is 3.13. The van der Waals surface area contributed by atoms with Crippen LogP contribution in [0, 0.1) is 5.92 Å². The van der Waals surface area contributed by atoms with E-state index >= 15 is 0 Å². The Balaban J connectivity index is 1.58. The van der Waals surface area contributed by atoms with E-state index in [9.17, 15) is 9.59 Å². The van der Waals surface area contributed by atoms with Crippen molar-refractivity contribution >= 4 is 23.6 Å². The van der Waals surface area contributed by atoms with E-state index < -0.39 is 0 Å². The van der Waals surface area contributed by atoms with Crippen LogP contribution >= 0.6 is 11.8 Å². The van der Waals surface area contributed by atoms with Gasteiger partial charge in [-0.05, 0) is 37.5 Å². The van der Waals surface area contributed by atoms with E-state index in [4.69, 9.17) is 4.74 Å². The van der Waals surface area contributed by atoms with Crippen molar-refractivity contribution in [2.75, 3.05) is 19.7 Å². The van der Waals surface area contributed by atoms with Gasteiger partial charge in [-0.25, -0.2) is 4.98 Å². The molecular weight excluding hydrogens is 362 g/mol. The van der Waals surface area contributed by atoms with Gasteiger partial charge in [0.25, 0.3) is 5.91 Å². The summed E-state index contributed by atoms with van der Waals surface area (Å²) in [5.41, 5.74) is 1.80. The summed E-state index contributed by atoms with van der Waals surface area (Å²) >= 11 is 1.66. The number of nitrogens with zero attached hydrogens (tertiary/aromatic N) is 3. The average molecular weight is 388 g/mol. The second-order valence-corrected chi connectivity index (χ2v) is 7.59. The average Bonchev–Trinajstić information content (AvgIpc) is 3.11. The molecule has 2 aromatic rings. The number of carbonyl (C=O) groups is 2. The number of hydrogen-bond donors (Lipinski definition) is 0. The largest absolute Gasteiger partial charge is 0.466 e. The van der Waals surface area contributed by atoms with Crippen LogP contribution in [0.4, 0.5) is 0 Å². The number of carbonyl (C=O) groups excluding carboxylic acids is 2. The van der Waals surface area contributed by atoms with Crippen LogP contribution in [0.15, 0.2) is 41.8 Å². The quantitative estimate of drug-likeness (QED) is 0.563. The van der Waals surface area contributed by atoms with E-state index in [0.717, 1.165) is 29.3 Å². The fourth-order valence-electron chi connectivity index (χ4n) is 3.18. The molecule has 1 fully saturated rings. The maximum Gasteiger partial charge on any atom is 0.310 e. The molecule has 1 aliphatic rings. The molecule has 1 aromatic heterocycles. The fraction of sp³-hybridized carbons (Fsp3) is 0.450. The van der Waals surface area contributed by atoms with Gasteiger partial charge in [0.2, 0.25) is 0 Å². The minimum Gasteiger partial charge on any atom is -0.466 e. The molecule has 7 heteroatoms. The third kappa shape index (κ3) is 4.91. The molecule has 0 bridgehead atoms. The monoisotopic (exact) mass is 387 g/mol. The Bertz CT molecular complexity index is 788. The Hall–Kier alpha value is -2.28. The molecule has 1 unspecified atom stereocenters. The van der Waals surface area contributed by atoms with Crippen LogP contribution in [0.1, 0.15) is 35.7 Å². The zero-order valence-electron chi connectivity index (χ0n) is 15.8. The van der Waals surface area contributed by atoms with E-state index in [1.54, 1.807) is 29.8 Å². The molecule has 27 heavy (non-hydrogen) atoms. The SMILES string of the molecule is CCOC(=O)C1CCCN(C(=O)c2ccc(CSc3nccn3C)cc2)C1. The smallest absolute Gasteiger partial charge is 0.310 e. The second kappa shape index (κ2) is 9.08.